The first-order valence-corrected chi connectivity index (χ1v) is 9.51. The Morgan fingerprint density at radius 3 is 3.04 bits per heavy atom. The van der Waals surface area contributed by atoms with Gasteiger partial charge in [-0.25, -0.2) is 0 Å². The maximum absolute atomic E-state index is 12.8. The number of carbonyl (C=O) groups is 1. The van der Waals surface area contributed by atoms with Crippen LogP contribution in [0.3, 0.4) is 0 Å². The van der Waals surface area contributed by atoms with Gasteiger partial charge in [-0.2, -0.15) is 4.98 Å². The molecular weight excluding hydrogens is 332 g/mol. The molecule has 1 amide bonds. The molecule has 3 heterocycles. The van der Waals surface area contributed by atoms with Gasteiger partial charge in [0.1, 0.15) is 5.76 Å². The Hall–Kier alpha value is -2.15. The molecule has 4 rings (SSSR count). The van der Waals surface area contributed by atoms with Gasteiger partial charge in [-0.3, -0.25) is 9.69 Å². The van der Waals surface area contributed by atoms with Crippen molar-refractivity contribution in [3.63, 3.8) is 0 Å². The van der Waals surface area contributed by atoms with E-state index in [1.165, 1.54) is 0 Å². The second kappa shape index (κ2) is 7.61. The number of likely N-dealkylation sites (tertiary alicyclic amines) is 1. The first-order chi connectivity index (χ1) is 12.7. The van der Waals surface area contributed by atoms with E-state index < -0.39 is 0 Å². The molecule has 2 fully saturated rings. The van der Waals surface area contributed by atoms with Crippen molar-refractivity contribution in [1.82, 2.24) is 19.9 Å². The zero-order chi connectivity index (χ0) is 17.9. The molecule has 1 atom stereocenters. The van der Waals surface area contributed by atoms with Crippen LogP contribution in [0.4, 0.5) is 0 Å². The van der Waals surface area contributed by atoms with Crippen molar-refractivity contribution >= 4 is 5.91 Å². The fraction of sp³-hybridized carbons (Fsp3) is 0.632. The summed E-state index contributed by atoms with van der Waals surface area (Å²) in [6, 6.07) is 3.89. The molecule has 2 aromatic rings. The highest BCUT2D eigenvalue weighted by molar-refractivity contribution is 5.78. The third kappa shape index (κ3) is 4.15. The van der Waals surface area contributed by atoms with Gasteiger partial charge in [0.2, 0.25) is 11.8 Å². The van der Waals surface area contributed by atoms with E-state index in [1.54, 1.807) is 6.26 Å². The fourth-order valence-corrected chi connectivity index (χ4v) is 3.58. The summed E-state index contributed by atoms with van der Waals surface area (Å²) in [4.78, 5) is 21.4. The van der Waals surface area contributed by atoms with Gasteiger partial charge < -0.3 is 13.8 Å². The monoisotopic (exact) mass is 358 g/mol. The van der Waals surface area contributed by atoms with Crippen LogP contribution in [-0.4, -0.2) is 52.5 Å². The number of furan rings is 1. The lowest BCUT2D eigenvalue weighted by atomic mass is 9.96. The molecule has 1 unspecified atom stereocenters. The number of piperidine rings is 1. The van der Waals surface area contributed by atoms with Gasteiger partial charge in [0, 0.05) is 32.5 Å². The van der Waals surface area contributed by atoms with E-state index in [0.29, 0.717) is 24.7 Å². The topological polar surface area (TPSA) is 75.6 Å². The Bertz CT molecular complexity index is 723. The first-order valence-electron chi connectivity index (χ1n) is 9.51. The van der Waals surface area contributed by atoms with Gasteiger partial charge in [-0.05, 0) is 44.4 Å². The lowest BCUT2D eigenvalue weighted by molar-refractivity contribution is -0.136. The average molecular weight is 358 g/mol. The van der Waals surface area contributed by atoms with Gasteiger partial charge in [0.05, 0.1) is 18.7 Å². The number of hydrogen-bond donors (Lipinski definition) is 0. The van der Waals surface area contributed by atoms with Gasteiger partial charge >= 0.3 is 0 Å². The van der Waals surface area contributed by atoms with Gasteiger partial charge in [-0.1, -0.05) is 5.16 Å². The van der Waals surface area contributed by atoms with Crippen LogP contribution in [0.15, 0.2) is 27.3 Å². The summed E-state index contributed by atoms with van der Waals surface area (Å²) in [5, 5.41) is 4.03. The predicted octanol–water partition coefficient (Wildman–Crippen LogP) is 2.45. The van der Waals surface area contributed by atoms with Crippen molar-refractivity contribution in [3.8, 4) is 0 Å². The Kier molecular flexibility index (Phi) is 5.06. The summed E-state index contributed by atoms with van der Waals surface area (Å²) in [5.74, 6) is 3.15. The smallest absolute Gasteiger partial charge is 0.229 e. The third-order valence-electron chi connectivity index (χ3n) is 5.27. The average Bonchev–Trinajstić information content (AvgIpc) is 3.17. The Morgan fingerprint density at radius 2 is 2.27 bits per heavy atom. The number of nitrogens with zero attached hydrogens (tertiary/aromatic N) is 4. The Morgan fingerprint density at radius 1 is 1.38 bits per heavy atom. The quantitative estimate of drug-likeness (QED) is 0.757. The summed E-state index contributed by atoms with van der Waals surface area (Å²) < 4.78 is 10.7. The van der Waals surface area contributed by atoms with E-state index in [0.717, 1.165) is 57.0 Å². The number of carbonyl (C=O) groups excluding carboxylic acids is 1. The molecule has 2 aromatic heterocycles. The molecule has 7 heteroatoms. The van der Waals surface area contributed by atoms with Crippen LogP contribution in [0, 0.1) is 5.92 Å². The highest BCUT2D eigenvalue weighted by Gasteiger charge is 2.30. The first kappa shape index (κ1) is 17.3. The van der Waals surface area contributed by atoms with Crippen molar-refractivity contribution < 1.29 is 13.7 Å². The molecule has 7 nitrogen and oxygen atoms in total. The number of rotatable bonds is 7. The highest BCUT2D eigenvalue weighted by atomic mass is 16.5. The molecule has 0 radical (unpaired) electrons. The summed E-state index contributed by atoms with van der Waals surface area (Å²) in [5.41, 5.74) is 0. The van der Waals surface area contributed by atoms with E-state index >= 15 is 0 Å². The van der Waals surface area contributed by atoms with Crippen molar-refractivity contribution in [2.24, 2.45) is 5.92 Å². The Labute approximate surface area is 153 Å². The minimum absolute atomic E-state index is 0.0519. The van der Waals surface area contributed by atoms with Crippen LogP contribution in [0.1, 0.15) is 49.1 Å². The zero-order valence-electron chi connectivity index (χ0n) is 15.3. The molecule has 0 N–H and O–H groups in total. The van der Waals surface area contributed by atoms with Crippen molar-refractivity contribution in [2.75, 3.05) is 26.7 Å². The molecule has 26 heavy (non-hydrogen) atoms. The maximum Gasteiger partial charge on any atom is 0.229 e. The van der Waals surface area contributed by atoms with Crippen LogP contribution < -0.4 is 0 Å². The van der Waals surface area contributed by atoms with E-state index in [4.69, 9.17) is 8.94 Å². The molecule has 1 aliphatic carbocycles. The summed E-state index contributed by atoms with van der Waals surface area (Å²) >= 11 is 0. The number of hydrogen-bond acceptors (Lipinski definition) is 6. The summed E-state index contributed by atoms with van der Waals surface area (Å²) in [6.45, 7) is 3.20. The fourth-order valence-electron chi connectivity index (χ4n) is 3.58. The van der Waals surface area contributed by atoms with Crippen LogP contribution in [-0.2, 0) is 17.8 Å². The zero-order valence-corrected chi connectivity index (χ0v) is 15.3. The molecule has 0 bridgehead atoms. The number of aromatic nitrogens is 2. The molecule has 0 spiro atoms. The van der Waals surface area contributed by atoms with E-state index in [1.807, 2.05) is 24.1 Å². The maximum atomic E-state index is 12.8. The molecule has 140 valence electrons. The standard InChI is InChI=1S/C19H26N4O3/c1-22(10-8-17-20-18(26-21-17)14-6-7-14)19(24)15-4-2-9-23(12-15)13-16-5-3-11-25-16/h3,5,11,14-15H,2,4,6-10,12-13H2,1H3. The molecule has 2 aliphatic rings. The Balaban J connectivity index is 1.26. The van der Waals surface area contributed by atoms with Gasteiger partial charge in [0.15, 0.2) is 5.82 Å². The number of likely N-dealkylation sites (N-methyl/N-ethyl adjacent to an activating group) is 1. The largest absolute Gasteiger partial charge is 0.468 e. The predicted molar refractivity (Wildman–Crippen MR) is 94.3 cm³/mol. The number of amides is 1. The normalized spacial score (nSPS) is 21.0. The third-order valence-corrected chi connectivity index (χ3v) is 5.27. The lowest BCUT2D eigenvalue weighted by Crippen LogP contribution is -2.43. The van der Waals surface area contributed by atoms with Crippen LogP contribution in [0.2, 0.25) is 0 Å². The van der Waals surface area contributed by atoms with Crippen molar-refractivity contribution in [3.05, 3.63) is 35.9 Å². The van der Waals surface area contributed by atoms with Gasteiger partial charge in [0.25, 0.3) is 0 Å². The minimum Gasteiger partial charge on any atom is -0.468 e. The molecule has 1 aliphatic heterocycles. The second-order valence-corrected chi connectivity index (χ2v) is 7.49. The second-order valence-electron chi connectivity index (χ2n) is 7.49. The minimum atomic E-state index is 0.0519. The van der Waals surface area contributed by atoms with Crippen LogP contribution in [0.5, 0.6) is 0 Å². The summed E-state index contributed by atoms with van der Waals surface area (Å²) in [7, 11) is 1.87. The molecular formula is C19H26N4O3. The van der Waals surface area contributed by atoms with Crippen LogP contribution in [0.25, 0.3) is 0 Å². The molecule has 1 saturated heterocycles. The van der Waals surface area contributed by atoms with Crippen LogP contribution >= 0.6 is 0 Å². The highest BCUT2D eigenvalue weighted by Crippen LogP contribution is 2.38. The SMILES string of the molecule is CN(CCc1noc(C2CC2)n1)C(=O)C1CCCN(Cc2ccco2)C1. The van der Waals surface area contributed by atoms with Gasteiger partial charge in [-0.15, -0.1) is 0 Å². The van der Waals surface area contributed by atoms with E-state index in [2.05, 4.69) is 15.0 Å². The van der Waals surface area contributed by atoms with E-state index in [-0.39, 0.29) is 11.8 Å². The molecule has 0 aromatic carbocycles. The summed E-state index contributed by atoms with van der Waals surface area (Å²) in [6.07, 6.45) is 6.63. The lowest BCUT2D eigenvalue weighted by Gasteiger charge is -2.33. The van der Waals surface area contributed by atoms with Crippen molar-refractivity contribution in [1.29, 1.82) is 0 Å². The van der Waals surface area contributed by atoms with Crippen molar-refractivity contribution in [2.45, 2.75) is 44.6 Å². The molecule has 1 saturated carbocycles. The van der Waals surface area contributed by atoms with E-state index in [9.17, 15) is 4.79 Å².